The van der Waals surface area contributed by atoms with Gasteiger partial charge in [0.25, 0.3) is 0 Å². The van der Waals surface area contributed by atoms with Crippen molar-refractivity contribution < 1.29 is 4.79 Å². The third-order valence-electron chi connectivity index (χ3n) is 2.11. The molecule has 0 radical (unpaired) electrons. The van der Waals surface area contributed by atoms with Crippen LogP contribution in [0.5, 0.6) is 0 Å². The lowest BCUT2D eigenvalue weighted by Crippen LogP contribution is -1.92. The molecule has 0 fully saturated rings. The van der Waals surface area contributed by atoms with Gasteiger partial charge in [0.2, 0.25) is 0 Å². The molecule has 1 aromatic carbocycles. The van der Waals surface area contributed by atoms with Crippen LogP contribution in [0.3, 0.4) is 0 Å². The van der Waals surface area contributed by atoms with E-state index in [9.17, 15) is 4.79 Å². The van der Waals surface area contributed by atoms with Crippen molar-refractivity contribution in [1.82, 2.24) is 0 Å². The number of hydrogen-bond acceptors (Lipinski definition) is 1. The van der Waals surface area contributed by atoms with E-state index in [1.54, 1.807) is 6.92 Å². The third kappa shape index (κ3) is 3.45. The molecule has 0 saturated heterocycles. The van der Waals surface area contributed by atoms with Crippen LogP contribution in [-0.4, -0.2) is 5.78 Å². The van der Waals surface area contributed by atoms with Gasteiger partial charge < -0.3 is 4.79 Å². The molecule has 1 heteroatoms. The second-order valence-corrected chi connectivity index (χ2v) is 3.40. The molecule has 0 spiro atoms. The molecule has 0 aliphatic rings. The van der Waals surface area contributed by atoms with E-state index in [4.69, 9.17) is 6.42 Å². The summed E-state index contributed by atoms with van der Waals surface area (Å²) in [6, 6.07) is 7.91. The largest absolute Gasteiger partial charge is 0.300 e. The van der Waals surface area contributed by atoms with Crippen molar-refractivity contribution >= 4 is 5.78 Å². The molecule has 0 atom stereocenters. The van der Waals surface area contributed by atoms with Gasteiger partial charge in [-0.05, 0) is 37.5 Å². The third-order valence-corrected chi connectivity index (χ3v) is 2.11. The van der Waals surface area contributed by atoms with Crippen LogP contribution in [0.1, 0.15) is 30.9 Å². The molecule has 72 valence electrons. The maximum absolute atomic E-state index is 10.7. The van der Waals surface area contributed by atoms with Gasteiger partial charge in [-0.25, -0.2) is 0 Å². The van der Waals surface area contributed by atoms with Gasteiger partial charge in [-0.1, -0.05) is 18.1 Å². The molecule has 0 aliphatic heterocycles. The van der Waals surface area contributed by atoms with Crippen molar-refractivity contribution in [3.05, 3.63) is 35.4 Å². The molecule has 0 amide bonds. The number of benzene rings is 1. The van der Waals surface area contributed by atoms with Gasteiger partial charge in [0.1, 0.15) is 5.78 Å². The number of Topliss-reactive ketones (excluding diaryl/α,β-unsaturated/α-hetero) is 1. The summed E-state index contributed by atoms with van der Waals surface area (Å²) >= 11 is 0. The highest BCUT2D eigenvalue weighted by Crippen LogP contribution is 2.07. The highest BCUT2D eigenvalue weighted by atomic mass is 16.1. The Balaban J connectivity index is 2.45. The summed E-state index contributed by atoms with van der Waals surface area (Å²) in [6.45, 7) is 1.63. The molecule has 1 rings (SSSR count). The summed E-state index contributed by atoms with van der Waals surface area (Å²) < 4.78 is 0. The average molecular weight is 186 g/mol. The lowest BCUT2D eigenvalue weighted by Gasteiger charge is -1.99. The minimum atomic E-state index is 0.255. The van der Waals surface area contributed by atoms with Crippen LogP contribution in [0.15, 0.2) is 24.3 Å². The average Bonchev–Trinajstić information content (AvgIpc) is 2.18. The topological polar surface area (TPSA) is 17.1 Å². The first-order valence-electron chi connectivity index (χ1n) is 4.77. The van der Waals surface area contributed by atoms with Gasteiger partial charge in [0.15, 0.2) is 0 Å². The van der Waals surface area contributed by atoms with E-state index >= 15 is 0 Å². The smallest absolute Gasteiger partial charge is 0.129 e. The fraction of sp³-hybridized carbons (Fsp3) is 0.308. The van der Waals surface area contributed by atoms with Crippen molar-refractivity contribution in [3.8, 4) is 12.3 Å². The van der Waals surface area contributed by atoms with Crippen molar-refractivity contribution in [3.63, 3.8) is 0 Å². The Labute approximate surface area is 85.1 Å². The van der Waals surface area contributed by atoms with E-state index in [1.165, 1.54) is 5.56 Å². The Morgan fingerprint density at radius 1 is 1.36 bits per heavy atom. The number of ketones is 1. The quantitative estimate of drug-likeness (QED) is 0.660. The highest BCUT2D eigenvalue weighted by Gasteiger charge is 1.96. The fourth-order valence-corrected chi connectivity index (χ4v) is 1.31. The van der Waals surface area contributed by atoms with Crippen LogP contribution in [0.25, 0.3) is 0 Å². The molecule has 0 unspecified atom stereocenters. The van der Waals surface area contributed by atoms with Gasteiger partial charge >= 0.3 is 0 Å². The van der Waals surface area contributed by atoms with Gasteiger partial charge in [0.05, 0.1) is 0 Å². The summed E-state index contributed by atoms with van der Waals surface area (Å²) in [5.74, 6) is 2.83. The van der Waals surface area contributed by atoms with Crippen molar-refractivity contribution in [1.29, 1.82) is 0 Å². The van der Waals surface area contributed by atoms with Crippen LogP contribution in [0.4, 0.5) is 0 Å². The zero-order valence-corrected chi connectivity index (χ0v) is 8.42. The van der Waals surface area contributed by atoms with Crippen LogP contribution >= 0.6 is 0 Å². The van der Waals surface area contributed by atoms with E-state index < -0.39 is 0 Å². The predicted octanol–water partition coefficient (Wildman–Crippen LogP) is 2.58. The molecule has 0 aromatic heterocycles. The molecule has 1 nitrogen and oxygen atoms in total. The molecule has 1 aromatic rings. The van der Waals surface area contributed by atoms with Crippen LogP contribution in [0.2, 0.25) is 0 Å². The lowest BCUT2D eigenvalue weighted by molar-refractivity contribution is -0.117. The van der Waals surface area contributed by atoms with Gasteiger partial charge in [-0.3, -0.25) is 0 Å². The molecule has 0 heterocycles. The van der Waals surface area contributed by atoms with Gasteiger partial charge in [0, 0.05) is 12.0 Å². The minimum Gasteiger partial charge on any atom is -0.300 e. The van der Waals surface area contributed by atoms with Crippen LogP contribution in [0, 0.1) is 12.3 Å². The number of aryl methyl sites for hydroxylation is 1. The Morgan fingerprint density at radius 2 is 2.00 bits per heavy atom. The highest BCUT2D eigenvalue weighted by molar-refractivity contribution is 5.75. The van der Waals surface area contributed by atoms with E-state index in [1.807, 2.05) is 24.3 Å². The Morgan fingerprint density at radius 3 is 2.50 bits per heavy atom. The number of hydrogen-bond donors (Lipinski definition) is 0. The van der Waals surface area contributed by atoms with E-state index in [-0.39, 0.29) is 5.78 Å². The Bertz CT molecular complexity index is 340. The maximum Gasteiger partial charge on any atom is 0.129 e. The number of carbonyl (C=O) groups is 1. The predicted molar refractivity (Wildman–Crippen MR) is 58.0 cm³/mol. The summed E-state index contributed by atoms with van der Waals surface area (Å²) in [5.41, 5.74) is 2.14. The second-order valence-electron chi connectivity index (χ2n) is 3.40. The summed E-state index contributed by atoms with van der Waals surface area (Å²) in [5, 5.41) is 0. The number of rotatable bonds is 4. The first kappa shape index (κ1) is 10.5. The fourth-order valence-electron chi connectivity index (χ4n) is 1.31. The molecule has 0 N–H and O–H groups in total. The van der Waals surface area contributed by atoms with E-state index in [0.717, 1.165) is 18.4 Å². The minimum absolute atomic E-state index is 0.255. The Hall–Kier alpha value is -1.55. The summed E-state index contributed by atoms with van der Waals surface area (Å²) in [4.78, 5) is 10.7. The zero-order valence-electron chi connectivity index (χ0n) is 8.42. The second kappa shape index (κ2) is 5.24. The standard InChI is InChI=1S/C13H14O/c1-3-12-7-9-13(10-8-12)6-4-5-11(2)14/h1,7-10H,4-6H2,2H3. The molecular formula is C13H14O. The van der Waals surface area contributed by atoms with Crippen LogP contribution < -0.4 is 0 Å². The molecule has 0 saturated carbocycles. The van der Waals surface area contributed by atoms with Crippen molar-refractivity contribution in [2.45, 2.75) is 26.2 Å². The molecule has 14 heavy (non-hydrogen) atoms. The van der Waals surface area contributed by atoms with Gasteiger partial charge in [-0.15, -0.1) is 6.42 Å². The van der Waals surface area contributed by atoms with Crippen molar-refractivity contribution in [2.75, 3.05) is 0 Å². The maximum atomic E-state index is 10.7. The molecule has 0 bridgehead atoms. The van der Waals surface area contributed by atoms with E-state index in [0.29, 0.717) is 6.42 Å². The summed E-state index contributed by atoms with van der Waals surface area (Å²) in [7, 11) is 0. The van der Waals surface area contributed by atoms with Gasteiger partial charge in [-0.2, -0.15) is 0 Å². The van der Waals surface area contributed by atoms with Crippen molar-refractivity contribution in [2.24, 2.45) is 0 Å². The normalized spacial score (nSPS) is 9.43. The monoisotopic (exact) mass is 186 g/mol. The van der Waals surface area contributed by atoms with E-state index in [2.05, 4.69) is 5.92 Å². The zero-order chi connectivity index (χ0) is 10.4. The first-order chi connectivity index (χ1) is 6.72. The summed E-state index contributed by atoms with van der Waals surface area (Å²) in [6.07, 6.45) is 7.78. The molecule has 0 aliphatic carbocycles. The Kier molecular flexibility index (Phi) is 3.94. The number of terminal acetylenes is 1. The lowest BCUT2D eigenvalue weighted by atomic mass is 10.1. The number of carbonyl (C=O) groups excluding carboxylic acids is 1. The molecular weight excluding hydrogens is 172 g/mol. The first-order valence-corrected chi connectivity index (χ1v) is 4.77. The van der Waals surface area contributed by atoms with Crippen LogP contribution in [-0.2, 0) is 11.2 Å². The SMILES string of the molecule is C#Cc1ccc(CCCC(C)=O)cc1.